The topological polar surface area (TPSA) is 38.1 Å². The van der Waals surface area contributed by atoms with Gasteiger partial charge in [-0.15, -0.1) is 0 Å². The average molecular weight is 267 g/mol. The van der Waals surface area contributed by atoms with E-state index in [4.69, 9.17) is 4.42 Å². The maximum Gasteiger partial charge on any atom is 0.226 e. The highest BCUT2D eigenvalue weighted by molar-refractivity contribution is 9.10. The molecule has 78 valence electrons. The van der Waals surface area contributed by atoms with Crippen LogP contribution in [0.15, 0.2) is 39.4 Å². The Hall–Kier alpha value is -1.13. The van der Waals surface area contributed by atoms with Gasteiger partial charge >= 0.3 is 0 Å². The normalized spacial score (nSPS) is 10.5. The SMILES string of the molecule is CNCc1cnc(-c2cccc(Br)c2)o1. The summed E-state index contributed by atoms with van der Waals surface area (Å²) in [6, 6.07) is 7.89. The molecule has 0 saturated carbocycles. The van der Waals surface area contributed by atoms with Crippen molar-refractivity contribution >= 4 is 15.9 Å². The smallest absolute Gasteiger partial charge is 0.226 e. The molecule has 0 spiro atoms. The molecule has 0 fully saturated rings. The summed E-state index contributed by atoms with van der Waals surface area (Å²) in [6.07, 6.45) is 1.74. The van der Waals surface area contributed by atoms with Crippen LogP contribution in [0.5, 0.6) is 0 Å². The molecule has 0 amide bonds. The molecule has 15 heavy (non-hydrogen) atoms. The zero-order valence-electron chi connectivity index (χ0n) is 8.33. The Morgan fingerprint density at radius 2 is 2.33 bits per heavy atom. The third-order valence-corrected chi connectivity index (χ3v) is 2.47. The van der Waals surface area contributed by atoms with E-state index in [0.29, 0.717) is 12.4 Å². The van der Waals surface area contributed by atoms with Gasteiger partial charge < -0.3 is 9.73 Å². The van der Waals surface area contributed by atoms with E-state index < -0.39 is 0 Å². The molecule has 0 aliphatic carbocycles. The average Bonchev–Trinajstić information content (AvgIpc) is 2.67. The van der Waals surface area contributed by atoms with Crippen LogP contribution < -0.4 is 5.32 Å². The molecule has 3 nitrogen and oxygen atoms in total. The highest BCUT2D eigenvalue weighted by atomic mass is 79.9. The van der Waals surface area contributed by atoms with Gasteiger partial charge in [-0.3, -0.25) is 0 Å². The minimum atomic E-state index is 0.654. The number of hydrogen-bond donors (Lipinski definition) is 1. The van der Waals surface area contributed by atoms with E-state index >= 15 is 0 Å². The van der Waals surface area contributed by atoms with Crippen LogP contribution in [0.4, 0.5) is 0 Å². The van der Waals surface area contributed by atoms with Crippen molar-refractivity contribution in [3.63, 3.8) is 0 Å². The standard InChI is InChI=1S/C11H11BrN2O/c1-13-6-10-7-14-11(15-10)8-3-2-4-9(12)5-8/h2-5,7,13H,6H2,1H3. The summed E-state index contributed by atoms with van der Waals surface area (Å²) in [5.41, 5.74) is 0.978. The zero-order valence-corrected chi connectivity index (χ0v) is 9.91. The summed E-state index contributed by atoms with van der Waals surface area (Å²) < 4.78 is 6.59. The van der Waals surface area contributed by atoms with Crippen molar-refractivity contribution in [2.45, 2.75) is 6.54 Å². The number of hydrogen-bond acceptors (Lipinski definition) is 3. The maximum atomic E-state index is 5.57. The Balaban J connectivity index is 2.29. The fraction of sp³-hybridized carbons (Fsp3) is 0.182. The van der Waals surface area contributed by atoms with Crippen molar-refractivity contribution in [3.8, 4) is 11.5 Å². The number of nitrogens with zero attached hydrogens (tertiary/aromatic N) is 1. The molecule has 0 aliphatic heterocycles. The molecule has 1 heterocycles. The summed E-state index contributed by atoms with van der Waals surface area (Å²) in [5.74, 6) is 1.49. The fourth-order valence-corrected chi connectivity index (χ4v) is 1.72. The first-order chi connectivity index (χ1) is 7.29. The largest absolute Gasteiger partial charge is 0.440 e. The minimum Gasteiger partial charge on any atom is -0.440 e. The summed E-state index contributed by atoms with van der Waals surface area (Å²) in [6.45, 7) is 0.695. The molecule has 4 heteroatoms. The van der Waals surface area contributed by atoms with Crippen LogP contribution in [0.25, 0.3) is 11.5 Å². The molecule has 0 unspecified atom stereocenters. The van der Waals surface area contributed by atoms with Crippen LogP contribution in [0.1, 0.15) is 5.76 Å². The summed E-state index contributed by atoms with van der Waals surface area (Å²) >= 11 is 3.42. The van der Waals surface area contributed by atoms with Gasteiger partial charge in [-0.1, -0.05) is 22.0 Å². The maximum absolute atomic E-state index is 5.57. The van der Waals surface area contributed by atoms with Crippen LogP contribution in [0.3, 0.4) is 0 Å². The van der Waals surface area contributed by atoms with Gasteiger partial charge in [-0.25, -0.2) is 4.98 Å². The molecule has 0 saturated heterocycles. The van der Waals surface area contributed by atoms with Crippen LogP contribution >= 0.6 is 15.9 Å². The van der Waals surface area contributed by atoms with E-state index in [2.05, 4.69) is 26.2 Å². The lowest BCUT2D eigenvalue weighted by atomic mass is 10.2. The van der Waals surface area contributed by atoms with E-state index in [-0.39, 0.29) is 0 Å². The van der Waals surface area contributed by atoms with Crippen LogP contribution in [-0.4, -0.2) is 12.0 Å². The number of oxazole rings is 1. The number of benzene rings is 1. The minimum absolute atomic E-state index is 0.654. The predicted octanol–water partition coefficient (Wildman–Crippen LogP) is 2.82. The van der Waals surface area contributed by atoms with E-state index in [1.54, 1.807) is 6.20 Å². The quantitative estimate of drug-likeness (QED) is 0.929. The second kappa shape index (κ2) is 4.59. The first-order valence-corrected chi connectivity index (χ1v) is 5.44. The van der Waals surface area contributed by atoms with Gasteiger partial charge in [0.25, 0.3) is 0 Å². The predicted molar refractivity (Wildman–Crippen MR) is 62.4 cm³/mol. The highest BCUT2D eigenvalue weighted by Crippen LogP contribution is 2.22. The van der Waals surface area contributed by atoms with Gasteiger partial charge in [-0.05, 0) is 25.2 Å². The summed E-state index contributed by atoms with van der Waals surface area (Å²) in [5, 5.41) is 3.02. The number of aromatic nitrogens is 1. The Morgan fingerprint density at radius 3 is 3.07 bits per heavy atom. The van der Waals surface area contributed by atoms with Crippen LogP contribution in [0.2, 0.25) is 0 Å². The Morgan fingerprint density at radius 1 is 1.47 bits per heavy atom. The van der Waals surface area contributed by atoms with Crippen LogP contribution in [0, 0.1) is 0 Å². The molecule has 1 aromatic carbocycles. The Bertz CT molecular complexity index is 453. The van der Waals surface area contributed by atoms with Crippen LogP contribution in [-0.2, 0) is 6.54 Å². The molecule has 0 bridgehead atoms. The molecule has 1 aromatic heterocycles. The molecule has 2 aromatic rings. The van der Waals surface area contributed by atoms with E-state index in [1.165, 1.54) is 0 Å². The number of rotatable bonds is 3. The number of halogens is 1. The van der Waals surface area contributed by atoms with E-state index in [0.717, 1.165) is 15.8 Å². The monoisotopic (exact) mass is 266 g/mol. The highest BCUT2D eigenvalue weighted by Gasteiger charge is 2.05. The molecule has 0 atom stereocenters. The first-order valence-electron chi connectivity index (χ1n) is 4.65. The fourth-order valence-electron chi connectivity index (χ4n) is 1.32. The van der Waals surface area contributed by atoms with Crippen molar-refractivity contribution in [2.75, 3.05) is 7.05 Å². The Labute approximate surface area is 96.6 Å². The third-order valence-electron chi connectivity index (χ3n) is 1.98. The molecule has 2 rings (SSSR count). The zero-order chi connectivity index (χ0) is 10.7. The lowest BCUT2D eigenvalue weighted by Gasteiger charge is -1.96. The van der Waals surface area contributed by atoms with Crippen molar-refractivity contribution in [1.82, 2.24) is 10.3 Å². The van der Waals surface area contributed by atoms with Gasteiger partial charge in [0.15, 0.2) is 0 Å². The lowest BCUT2D eigenvalue weighted by Crippen LogP contribution is -2.03. The van der Waals surface area contributed by atoms with Gasteiger partial charge in [0.1, 0.15) is 5.76 Å². The van der Waals surface area contributed by atoms with Gasteiger partial charge in [0, 0.05) is 10.0 Å². The van der Waals surface area contributed by atoms with Crippen molar-refractivity contribution in [3.05, 3.63) is 40.7 Å². The van der Waals surface area contributed by atoms with Gasteiger partial charge in [-0.2, -0.15) is 0 Å². The summed E-state index contributed by atoms with van der Waals surface area (Å²) in [7, 11) is 1.88. The molecular formula is C11H11BrN2O. The molecule has 0 aliphatic rings. The van der Waals surface area contributed by atoms with E-state index in [1.807, 2.05) is 31.3 Å². The third kappa shape index (κ3) is 2.46. The molecular weight excluding hydrogens is 256 g/mol. The second-order valence-corrected chi connectivity index (χ2v) is 4.09. The Kier molecular flexibility index (Phi) is 3.18. The molecule has 0 radical (unpaired) electrons. The van der Waals surface area contributed by atoms with Crippen molar-refractivity contribution < 1.29 is 4.42 Å². The molecule has 1 N–H and O–H groups in total. The first kappa shape index (κ1) is 10.4. The number of nitrogens with one attached hydrogen (secondary N) is 1. The van der Waals surface area contributed by atoms with E-state index in [9.17, 15) is 0 Å². The van der Waals surface area contributed by atoms with Crippen molar-refractivity contribution in [2.24, 2.45) is 0 Å². The summed E-state index contributed by atoms with van der Waals surface area (Å²) in [4.78, 5) is 4.22. The van der Waals surface area contributed by atoms with Gasteiger partial charge in [0.2, 0.25) is 5.89 Å². The van der Waals surface area contributed by atoms with Gasteiger partial charge in [0.05, 0.1) is 12.7 Å². The second-order valence-electron chi connectivity index (χ2n) is 3.17. The van der Waals surface area contributed by atoms with Crippen molar-refractivity contribution in [1.29, 1.82) is 0 Å². The lowest BCUT2D eigenvalue weighted by molar-refractivity contribution is 0.503.